The zero-order valence-corrected chi connectivity index (χ0v) is 11.1. The molecule has 0 bridgehead atoms. The third-order valence-corrected chi connectivity index (χ3v) is 4.50. The first-order chi connectivity index (χ1) is 8.55. The van der Waals surface area contributed by atoms with Crippen molar-refractivity contribution >= 4 is 11.9 Å². The molecule has 0 aromatic heterocycles. The van der Waals surface area contributed by atoms with Crippen molar-refractivity contribution in [3.8, 4) is 0 Å². The molecular weight excluding hydrogens is 230 g/mol. The number of carboxylic acid groups (broad SMARTS) is 1. The van der Waals surface area contributed by atoms with Crippen molar-refractivity contribution in [3.63, 3.8) is 0 Å². The summed E-state index contributed by atoms with van der Waals surface area (Å²) in [5.41, 5.74) is -0.988. The maximum absolute atomic E-state index is 11.8. The van der Waals surface area contributed by atoms with Gasteiger partial charge in [0.25, 0.3) is 0 Å². The van der Waals surface area contributed by atoms with Crippen molar-refractivity contribution in [1.82, 2.24) is 5.32 Å². The fourth-order valence-corrected chi connectivity index (χ4v) is 2.87. The predicted molar refractivity (Wildman–Crippen MR) is 68.1 cm³/mol. The van der Waals surface area contributed by atoms with Crippen LogP contribution in [0.2, 0.25) is 0 Å². The van der Waals surface area contributed by atoms with Gasteiger partial charge in [0.2, 0.25) is 5.91 Å². The number of aliphatic carboxylic acids is 1. The van der Waals surface area contributed by atoms with Gasteiger partial charge in [-0.05, 0) is 50.4 Å². The maximum Gasteiger partial charge on any atom is 0.329 e. The van der Waals surface area contributed by atoms with Gasteiger partial charge in [-0.1, -0.05) is 13.3 Å². The first kappa shape index (κ1) is 13.4. The van der Waals surface area contributed by atoms with E-state index in [1.807, 2.05) is 0 Å². The molecule has 0 radical (unpaired) electrons. The average molecular weight is 253 g/mol. The van der Waals surface area contributed by atoms with Gasteiger partial charge in [0.15, 0.2) is 0 Å². The van der Waals surface area contributed by atoms with Gasteiger partial charge in [-0.25, -0.2) is 4.79 Å². The molecule has 4 heteroatoms. The maximum atomic E-state index is 11.8. The molecule has 2 saturated carbocycles. The smallest absolute Gasteiger partial charge is 0.329 e. The minimum Gasteiger partial charge on any atom is -0.480 e. The number of nitrogens with one attached hydrogen (secondary N) is 1. The summed E-state index contributed by atoms with van der Waals surface area (Å²) in [6, 6.07) is 0. The van der Waals surface area contributed by atoms with Gasteiger partial charge in [-0.15, -0.1) is 0 Å². The second-order valence-corrected chi connectivity index (χ2v) is 5.93. The first-order valence-corrected chi connectivity index (χ1v) is 7.10. The highest BCUT2D eigenvalue weighted by Gasteiger charge is 2.43. The second kappa shape index (κ2) is 5.29. The summed E-state index contributed by atoms with van der Waals surface area (Å²) in [6.07, 6.45) is 6.82. The molecule has 102 valence electrons. The molecule has 0 unspecified atom stereocenters. The van der Waals surface area contributed by atoms with Crippen LogP contribution in [-0.4, -0.2) is 22.5 Å². The fourth-order valence-electron chi connectivity index (χ4n) is 2.87. The zero-order chi connectivity index (χ0) is 13.2. The summed E-state index contributed by atoms with van der Waals surface area (Å²) in [7, 11) is 0. The van der Waals surface area contributed by atoms with Gasteiger partial charge in [0.05, 0.1) is 0 Å². The third-order valence-electron chi connectivity index (χ3n) is 4.50. The van der Waals surface area contributed by atoms with Crippen LogP contribution in [-0.2, 0) is 9.59 Å². The summed E-state index contributed by atoms with van der Waals surface area (Å²) in [6.45, 7) is 2.14. The summed E-state index contributed by atoms with van der Waals surface area (Å²) >= 11 is 0. The molecule has 2 rings (SSSR count). The van der Waals surface area contributed by atoms with Crippen LogP contribution in [0.1, 0.15) is 58.3 Å². The Morgan fingerprint density at radius 1 is 1.17 bits per heavy atom. The normalized spacial score (nSPS) is 31.9. The van der Waals surface area contributed by atoms with Gasteiger partial charge in [0, 0.05) is 6.42 Å². The van der Waals surface area contributed by atoms with Crippen molar-refractivity contribution in [3.05, 3.63) is 0 Å². The highest BCUT2D eigenvalue weighted by Crippen LogP contribution is 2.36. The summed E-state index contributed by atoms with van der Waals surface area (Å²) in [5.74, 6) is 0.191. The number of rotatable bonds is 5. The Hall–Kier alpha value is -1.06. The number of amides is 1. The monoisotopic (exact) mass is 253 g/mol. The van der Waals surface area contributed by atoms with E-state index in [0.29, 0.717) is 31.1 Å². The highest BCUT2D eigenvalue weighted by atomic mass is 16.4. The molecule has 0 heterocycles. The fraction of sp³-hybridized carbons (Fsp3) is 0.857. The number of carboxylic acids is 1. The van der Waals surface area contributed by atoms with E-state index < -0.39 is 11.5 Å². The minimum atomic E-state index is -0.988. The number of hydrogen-bond acceptors (Lipinski definition) is 2. The molecule has 0 aliphatic heterocycles. The van der Waals surface area contributed by atoms with Crippen molar-refractivity contribution in [2.24, 2.45) is 11.8 Å². The van der Waals surface area contributed by atoms with E-state index in [9.17, 15) is 14.7 Å². The summed E-state index contributed by atoms with van der Waals surface area (Å²) < 4.78 is 0. The zero-order valence-electron chi connectivity index (χ0n) is 11.1. The van der Waals surface area contributed by atoms with E-state index in [1.165, 1.54) is 0 Å². The Balaban J connectivity index is 1.94. The van der Waals surface area contributed by atoms with E-state index in [2.05, 4.69) is 12.2 Å². The average Bonchev–Trinajstić information content (AvgIpc) is 3.13. The molecule has 4 nitrogen and oxygen atoms in total. The van der Waals surface area contributed by atoms with Crippen LogP contribution in [0.3, 0.4) is 0 Å². The second-order valence-electron chi connectivity index (χ2n) is 5.93. The number of hydrogen-bond donors (Lipinski definition) is 2. The van der Waals surface area contributed by atoms with E-state index >= 15 is 0 Å². The lowest BCUT2D eigenvalue weighted by Crippen LogP contribution is -2.56. The molecule has 2 aliphatic carbocycles. The predicted octanol–water partition coefficient (Wildman–Crippen LogP) is 2.33. The van der Waals surface area contributed by atoms with Crippen LogP contribution >= 0.6 is 0 Å². The van der Waals surface area contributed by atoms with Gasteiger partial charge in [-0.3, -0.25) is 4.79 Å². The topological polar surface area (TPSA) is 66.4 Å². The molecule has 0 aromatic rings. The number of carbonyl (C=O) groups is 2. The number of carbonyl (C=O) groups excluding carboxylic acids is 1. The Morgan fingerprint density at radius 2 is 1.78 bits per heavy atom. The van der Waals surface area contributed by atoms with Crippen LogP contribution in [0.15, 0.2) is 0 Å². The Kier molecular flexibility index (Phi) is 3.93. The molecule has 1 amide bonds. The molecule has 0 saturated heterocycles. The van der Waals surface area contributed by atoms with Gasteiger partial charge < -0.3 is 10.4 Å². The Bertz CT molecular complexity index is 328. The minimum absolute atomic E-state index is 0.0742. The third kappa shape index (κ3) is 3.03. The van der Waals surface area contributed by atoms with E-state index in [1.54, 1.807) is 0 Å². The van der Waals surface area contributed by atoms with Gasteiger partial charge >= 0.3 is 5.97 Å². The van der Waals surface area contributed by atoms with Crippen molar-refractivity contribution in [1.29, 1.82) is 0 Å². The quantitative estimate of drug-likeness (QED) is 0.790. The van der Waals surface area contributed by atoms with Gasteiger partial charge in [0.1, 0.15) is 5.54 Å². The molecule has 0 aromatic carbocycles. The van der Waals surface area contributed by atoms with Crippen LogP contribution in [0.25, 0.3) is 0 Å². The Labute approximate surface area is 108 Å². The first-order valence-electron chi connectivity index (χ1n) is 7.10. The van der Waals surface area contributed by atoms with Crippen molar-refractivity contribution < 1.29 is 14.7 Å². The largest absolute Gasteiger partial charge is 0.480 e. The van der Waals surface area contributed by atoms with Crippen molar-refractivity contribution in [2.45, 2.75) is 63.8 Å². The molecule has 0 spiro atoms. The molecule has 0 atom stereocenters. The SMILES string of the molecule is CCC1CCC(NC(=O)CC2CC2)(C(=O)O)CC1. The van der Waals surface area contributed by atoms with Gasteiger partial charge in [-0.2, -0.15) is 0 Å². The lowest BCUT2D eigenvalue weighted by Gasteiger charge is -2.37. The van der Waals surface area contributed by atoms with E-state index in [-0.39, 0.29) is 5.91 Å². The highest BCUT2D eigenvalue weighted by molar-refractivity contribution is 5.87. The molecule has 18 heavy (non-hydrogen) atoms. The molecule has 2 N–H and O–H groups in total. The van der Waals surface area contributed by atoms with Crippen LogP contribution in [0, 0.1) is 11.8 Å². The lowest BCUT2D eigenvalue weighted by molar-refractivity contribution is -0.149. The van der Waals surface area contributed by atoms with E-state index in [4.69, 9.17) is 0 Å². The van der Waals surface area contributed by atoms with E-state index in [0.717, 1.165) is 32.1 Å². The molecule has 2 fully saturated rings. The van der Waals surface area contributed by atoms with Crippen LogP contribution in [0.4, 0.5) is 0 Å². The van der Waals surface area contributed by atoms with Crippen molar-refractivity contribution in [2.75, 3.05) is 0 Å². The molecule has 2 aliphatic rings. The van der Waals surface area contributed by atoms with Crippen LogP contribution in [0.5, 0.6) is 0 Å². The van der Waals surface area contributed by atoms with Crippen LogP contribution < -0.4 is 5.32 Å². The molecular formula is C14H23NO3. The summed E-state index contributed by atoms with van der Waals surface area (Å²) in [4.78, 5) is 23.3. The Morgan fingerprint density at radius 3 is 2.22 bits per heavy atom. The standard InChI is InChI=1S/C14H23NO3/c1-2-10-5-7-14(8-6-10,13(17)18)15-12(16)9-11-3-4-11/h10-11H,2-9H2,1H3,(H,15,16)(H,17,18). The summed E-state index contributed by atoms with van der Waals surface area (Å²) in [5, 5.41) is 12.2. The lowest BCUT2D eigenvalue weighted by atomic mass is 9.75.